The molecule has 0 aliphatic rings. The maximum atomic E-state index is 13.0. The highest BCUT2D eigenvalue weighted by Gasteiger charge is 2.12. The summed E-state index contributed by atoms with van der Waals surface area (Å²) in [5, 5.41) is 17.3. The summed E-state index contributed by atoms with van der Waals surface area (Å²) in [6, 6.07) is 13.3. The summed E-state index contributed by atoms with van der Waals surface area (Å²) in [5.74, 6) is 0.249. The van der Waals surface area contributed by atoms with E-state index in [1.54, 1.807) is 12.1 Å². The first-order chi connectivity index (χ1) is 12.0. The third kappa shape index (κ3) is 6.74. The van der Waals surface area contributed by atoms with Gasteiger partial charge in [0.15, 0.2) is 5.96 Å². The van der Waals surface area contributed by atoms with Crippen molar-refractivity contribution in [2.45, 2.75) is 26.0 Å². The van der Waals surface area contributed by atoms with Crippen LogP contribution in [0.1, 0.15) is 37.1 Å². The first kappa shape index (κ1) is 22.7. The summed E-state index contributed by atoms with van der Waals surface area (Å²) >= 11 is 6.23. The second kappa shape index (κ2) is 11.4. The zero-order chi connectivity index (χ0) is 18.2. The number of aliphatic hydroxyl groups excluding tert-OH is 1. The van der Waals surface area contributed by atoms with Crippen LogP contribution < -0.4 is 10.6 Å². The smallest absolute Gasteiger partial charge is 0.191 e. The molecule has 0 aliphatic carbocycles. The Bertz CT molecular complexity index is 712. The van der Waals surface area contributed by atoms with Crippen LogP contribution >= 0.6 is 35.6 Å². The number of aliphatic hydroxyl groups is 1. The number of nitrogens with zero attached hydrogens (tertiary/aromatic N) is 1. The first-order valence-electron chi connectivity index (χ1n) is 8.24. The monoisotopic (exact) mass is 491 g/mol. The van der Waals surface area contributed by atoms with Gasteiger partial charge in [-0.1, -0.05) is 41.9 Å². The van der Waals surface area contributed by atoms with Crippen molar-refractivity contribution >= 4 is 41.5 Å². The van der Waals surface area contributed by atoms with Crippen LogP contribution in [0.15, 0.2) is 53.5 Å². The minimum absolute atomic E-state index is 0. The fourth-order valence-corrected chi connectivity index (χ4v) is 2.70. The molecule has 0 amide bonds. The lowest BCUT2D eigenvalue weighted by Crippen LogP contribution is -2.39. The number of hydrogen-bond acceptors (Lipinski definition) is 2. The van der Waals surface area contributed by atoms with Crippen LogP contribution in [0.4, 0.5) is 4.39 Å². The number of benzene rings is 2. The lowest BCUT2D eigenvalue weighted by molar-refractivity contribution is 0.187. The van der Waals surface area contributed by atoms with Gasteiger partial charge in [0.2, 0.25) is 0 Å². The lowest BCUT2D eigenvalue weighted by atomic mass is 10.1. The van der Waals surface area contributed by atoms with Crippen molar-refractivity contribution in [3.63, 3.8) is 0 Å². The molecule has 0 fully saturated rings. The molecule has 4 nitrogen and oxygen atoms in total. The minimum Gasteiger partial charge on any atom is -0.386 e. The third-order valence-electron chi connectivity index (χ3n) is 3.75. The van der Waals surface area contributed by atoms with Gasteiger partial charge in [0.1, 0.15) is 5.82 Å². The van der Waals surface area contributed by atoms with Crippen molar-refractivity contribution in [2.75, 3.05) is 13.1 Å². The summed E-state index contributed by atoms with van der Waals surface area (Å²) < 4.78 is 13.0. The quantitative estimate of drug-likeness (QED) is 0.318. The van der Waals surface area contributed by atoms with Gasteiger partial charge in [-0.15, -0.1) is 24.0 Å². The summed E-state index contributed by atoms with van der Waals surface area (Å²) in [6.07, 6.45) is -0.799. The number of nitrogens with one attached hydrogen (secondary N) is 2. The van der Waals surface area contributed by atoms with Gasteiger partial charge in [0.25, 0.3) is 0 Å². The normalized spacial score (nSPS) is 13.5. The topological polar surface area (TPSA) is 56.7 Å². The number of hydrogen-bond donors (Lipinski definition) is 3. The van der Waals surface area contributed by atoms with Crippen molar-refractivity contribution < 1.29 is 9.50 Å². The van der Waals surface area contributed by atoms with Crippen molar-refractivity contribution in [2.24, 2.45) is 4.99 Å². The molecule has 2 aromatic rings. The van der Waals surface area contributed by atoms with Gasteiger partial charge in [-0.25, -0.2) is 4.39 Å². The molecule has 2 unspecified atom stereocenters. The number of guanidine groups is 1. The van der Waals surface area contributed by atoms with Gasteiger partial charge >= 0.3 is 0 Å². The first-order valence-corrected chi connectivity index (χ1v) is 8.61. The molecule has 142 valence electrons. The molecule has 2 atom stereocenters. The second-order valence-corrected chi connectivity index (χ2v) is 6.08. The Morgan fingerprint density at radius 1 is 1.19 bits per heavy atom. The second-order valence-electron chi connectivity index (χ2n) is 5.67. The third-order valence-corrected chi connectivity index (χ3v) is 4.09. The van der Waals surface area contributed by atoms with E-state index < -0.39 is 6.10 Å². The zero-order valence-corrected chi connectivity index (χ0v) is 17.8. The molecule has 3 N–H and O–H groups in total. The molecule has 0 saturated heterocycles. The van der Waals surface area contributed by atoms with Gasteiger partial charge < -0.3 is 15.7 Å². The number of halogens is 3. The van der Waals surface area contributed by atoms with E-state index in [1.165, 1.54) is 12.1 Å². The molecule has 0 heterocycles. The molecule has 26 heavy (non-hydrogen) atoms. The highest BCUT2D eigenvalue weighted by Crippen LogP contribution is 2.22. The summed E-state index contributed by atoms with van der Waals surface area (Å²) in [5.41, 5.74) is 1.59. The summed E-state index contributed by atoms with van der Waals surface area (Å²) in [6.45, 7) is 4.81. The Morgan fingerprint density at radius 3 is 2.46 bits per heavy atom. The van der Waals surface area contributed by atoms with Crippen LogP contribution in [0.25, 0.3) is 0 Å². The predicted molar refractivity (Wildman–Crippen MR) is 116 cm³/mol. The molecule has 0 aliphatic heterocycles. The lowest BCUT2D eigenvalue weighted by Gasteiger charge is -2.19. The van der Waals surface area contributed by atoms with Crippen molar-refractivity contribution in [1.82, 2.24) is 10.6 Å². The molecule has 0 saturated carbocycles. The number of aliphatic imine (C=N–C) groups is 1. The Hall–Kier alpha value is -1.38. The van der Waals surface area contributed by atoms with Gasteiger partial charge in [-0.2, -0.15) is 0 Å². The predicted octanol–water partition coefficient (Wildman–Crippen LogP) is 4.45. The van der Waals surface area contributed by atoms with E-state index in [9.17, 15) is 9.50 Å². The van der Waals surface area contributed by atoms with Crippen molar-refractivity contribution in [3.8, 4) is 0 Å². The fourth-order valence-electron chi connectivity index (χ4n) is 2.40. The minimum atomic E-state index is -0.799. The Kier molecular flexibility index (Phi) is 9.90. The van der Waals surface area contributed by atoms with E-state index in [1.807, 2.05) is 38.1 Å². The van der Waals surface area contributed by atoms with Crippen LogP contribution in [0, 0.1) is 5.82 Å². The average molecular weight is 492 g/mol. The fraction of sp³-hybridized carbons (Fsp3) is 0.316. The van der Waals surface area contributed by atoms with Crippen molar-refractivity contribution in [1.29, 1.82) is 0 Å². The van der Waals surface area contributed by atoms with Gasteiger partial charge in [-0.05, 0) is 43.2 Å². The number of rotatable bonds is 6. The SMILES string of the molecule is CCNC(=NCC(O)c1ccc(F)cc1)NC(C)c1ccccc1Cl.I. The van der Waals surface area contributed by atoms with Gasteiger partial charge in [-0.3, -0.25) is 4.99 Å². The standard InChI is InChI=1S/C19H23ClFN3O.HI/c1-3-22-19(24-13(2)16-6-4-5-7-17(16)20)23-12-18(25)14-8-10-15(21)11-9-14;/h4-11,13,18,25H,3,12H2,1-2H3,(H2,22,23,24);1H. The van der Waals surface area contributed by atoms with E-state index >= 15 is 0 Å². The van der Waals surface area contributed by atoms with E-state index in [0.29, 0.717) is 23.1 Å². The Balaban J connectivity index is 0.00000338. The molecule has 0 bridgehead atoms. The van der Waals surface area contributed by atoms with Crippen LogP contribution in [0.5, 0.6) is 0 Å². The van der Waals surface area contributed by atoms with E-state index in [4.69, 9.17) is 11.6 Å². The van der Waals surface area contributed by atoms with Gasteiger partial charge in [0.05, 0.1) is 18.7 Å². The van der Waals surface area contributed by atoms with E-state index in [-0.39, 0.29) is 42.4 Å². The van der Waals surface area contributed by atoms with Crippen LogP contribution in [-0.2, 0) is 0 Å². The Morgan fingerprint density at radius 2 is 1.85 bits per heavy atom. The molecule has 7 heteroatoms. The highest BCUT2D eigenvalue weighted by atomic mass is 127. The molecular formula is C19H24ClFIN3O. The molecule has 0 aromatic heterocycles. The molecular weight excluding hydrogens is 468 g/mol. The molecule has 0 radical (unpaired) electrons. The molecule has 2 rings (SSSR count). The average Bonchev–Trinajstić information content (AvgIpc) is 2.60. The summed E-state index contributed by atoms with van der Waals surface area (Å²) in [7, 11) is 0. The zero-order valence-electron chi connectivity index (χ0n) is 14.7. The Labute approximate surface area is 175 Å². The van der Waals surface area contributed by atoms with E-state index in [0.717, 1.165) is 5.56 Å². The maximum Gasteiger partial charge on any atom is 0.191 e. The highest BCUT2D eigenvalue weighted by molar-refractivity contribution is 14.0. The molecule has 2 aromatic carbocycles. The summed E-state index contributed by atoms with van der Waals surface area (Å²) in [4.78, 5) is 4.41. The van der Waals surface area contributed by atoms with Crippen LogP contribution in [-0.4, -0.2) is 24.2 Å². The van der Waals surface area contributed by atoms with Crippen LogP contribution in [0.3, 0.4) is 0 Å². The van der Waals surface area contributed by atoms with Gasteiger partial charge in [0, 0.05) is 11.6 Å². The van der Waals surface area contributed by atoms with Crippen LogP contribution in [0.2, 0.25) is 5.02 Å². The van der Waals surface area contributed by atoms with E-state index in [2.05, 4.69) is 15.6 Å². The largest absolute Gasteiger partial charge is 0.386 e. The molecule has 0 spiro atoms. The maximum absolute atomic E-state index is 13.0. The van der Waals surface area contributed by atoms with Crippen molar-refractivity contribution in [3.05, 3.63) is 70.5 Å².